The minimum Gasteiger partial charge on any atom is -0.383 e. The van der Waals surface area contributed by atoms with Gasteiger partial charge in [0.05, 0.1) is 0 Å². The van der Waals surface area contributed by atoms with Crippen molar-refractivity contribution in [1.29, 1.82) is 0 Å². The van der Waals surface area contributed by atoms with Crippen LogP contribution >= 0.6 is 0 Å². The van der Waals surface area contributed by atoms with Gasteiger partial charge in [-0.05, 0) is 36.5 Å². The van der Waals surface area contributed by atoms with Crippen LogP contribution in [0.1, 0.15) is 37.3 Å². The minimum absolute atomic E-state index is 0.256. The van der Waals surface area contributed by atoms with E-state index in [9.17, 15) is 0 Å². The maximum Gasteiger partial charge on any atom is 0.161 e. The summed E-state index contributed by atoms with van der Waals surface area (Å²) in [4.78, 5) is 18.5. The summed E-state index contributed by atoms with van der Waals surface area (Å²) >= 11 is 0. The van der Waals surface area contributed by atoms with E-state index in [0.717, 1.165) is 66.0 Å². The van der Waals surface area contributed by atoms with Gasteiger partial charge in [-0.15, -0.1) is 0 Å². The maximum absolute atomic E-state index is 6.17. The molecule has 1 aliphatic rings. The number of nitrogens with zero attached hydrogens (tertiary/aromatic N) is 5. The average Bonchev–Trinajstić information content (AvgIpc) is 2.82. The number of allylic oxidation sites excluding steroid dienone is 4. The van der Waals surface area contributed by atoms with Gasteiger partial charge in [0, 0.05) is 75.6 Å². The van der Waals surface area contributed by atoms with Crippen LogP contribution in [-0.2, 0) is 0 Å². The zero-order valence-corrected chi connectivity index (χ0v) is 20.3. The van der Waals surface area contributed by atoms with Gasteiger partial charge in [-0.1, -0.05) is 43.9 Å². The van der Waals surface area contributed by atoms with Gasteiger partial charge < -0.3 is 15.5 Å². The number of anilines is 1. The fourth-order valence-corrected chi connectivity index (χ4v) is 4.02. The van der Waals surface area contributed by atoms with Crippen LogP contribution in [0, 0.1) is 0 Å². The van der Waals surface area contributed by atoms with Crippen LogP contribution in [0.25, 0.3) is 22.5 Å². The van der Waals surface area contributed by atoms with Crippen LogP contribution in [0.5, 0.6) is 0 Å². The first-order valence-electron chi connectivity index (χ1n) is 11.6. The van der Waals surface area contributed by atoms with E-state index in [1.54, 1.807) is 7.05 Å². The molecule has 3 rings (SSSR count). The highest BCUT2D eigenvalue weighted by Gasteiger charge is 2.22. The molecule has 2 N–H and O–H groups in total. The molecule has 0 aliphatic carbocycles. The monoisotopic (exact) mass is 444 g/mol. The lowest BCUT2D eigenvalue weighted by Gasteiger charge is -2.32. The lowest BCUT2D eigenvalue weighted by Crippen LogP contribution is -2.40. The normalized spacial score (nSPS) is 15.8. The fraction of sp³-hybridized carbons (Fsp3) is 0.370. The summed E-state index contributed by atoms with van der Waals surface area (Å²) in [6.45, 7) is 7.88. The highest BCUT2D eigenvalue weighted by atomic mass is 15.2. The molecule has 1 aromatic heterocycles. The third kappa shape index (κ3) is 6.17. The summed E-state index contributed by atoms with van der Waals surface area (Å²) in [5.74, 6) is 1.66. The van der Waals surface area contributed by atoms with E-state index in [1.165, 1.54) is 0 Å². The van der Waals surface area contributed by atoms with Crippen LogP contribution in [0.15, 0.2) is 60.4 Å². The molecular formula is C27H36N6. The Morgan fingerprint density at radius 1 is 1.27 bits per heavy atom. The number of benzene rings is 1. The number of nitrogens with two attached hydrogens (primary N) is 1. The number of rotatable bonds is 8. The zero-order valence-electron chi connectivity index (χ0n) is 20.3. The molecule has 0 amide bonds. The Kier molecular flexibility index (Phi) is 8.55. The largest absolute Gasteiger partial charge is 0.383 e. The first-order valence-corrected chi connectivity index (χ1v) is 11.6. The summed E-state index contributed by atoms with van der Waals surface area (Å²) in [6.07, 6.45) is 12.8. The molecule has 6 nitrogen and oxygen atoms in total. The molecular weight excluding hydrogens is 408 g/mol. The van der Waals surface area contributed by atoms with E-state index in [2.05, 4.69) is 53.9 Å². The smallest absolute Gasteiger partial charge is 0.161 e. The molecule has 0 unspecified atom stereocenters. The molecule has 2 heterocycles. The van der Waals surface area contributed by atoms with Gasteiger partial charge in [0.15, 0.2) is 5.82 Å². The second kappa shape index (κ2) is 11.6. The molecule has 1 aliphatic heterocycles. The van der Waals surface area contributed by atoms with Crippen molar-refractivity contribution in [3.63, 3.8) is 0 Å². The van der Waals surface area contributed by atoms with Crippen molar-refractivity contribution < 1.29 is 0 Å². The number of aliphatic imine (C=N–C) groups is 1. The SMILES string of the molecule is C=C/C(=C\N(C)C)c1cccc(-c2ncc(/C(C=NC)=C/CC)c(N3CCC(N)CC3)n2)c1. The Morgan fingerprint density at radius 3 is 2.67 bits per heavy atom. The third-order valence-electron chi connectivity index (χ3n) is 5.68. The summed E-state index contributed by atoms with van der Waals surface area (Å²) in [7, 11) is 5.81. The van der Waals surface area contributed by atoms with Gasteiger partial charge in [0.1, 0.15) is 5.82 Å². The number of piperidine rings is 1. The molecule has 1 fully saturated rings. The molecule has 0 atom stereocenters. The standard InChI is InChI=1S/C27H36N6/c1-6-9-23(17-29-3)25-18-30-26(31-27(25)33-14-12-24(28)13-15-33)22-11-8-10-21(16-22)20(7-2)19-32(4)5/h7-11,16-19,24H,2,6,12-15,28H2,1,3-5H3/b20-19+,23-9+,29-17?. The van der Waals surface area contributed by atoms with Crippen LogP contribution in [0.4, 0.5) is 5.82 Å². The van der Waals surface area contributed by atoms with Crippen molar-refractivity contribution in [1.82, 2.24) is 14.9 Å². The van der Waals surface area contributed by atoms with Gasteiger partial charge in [-0.3, -0.25) is 4.99 Å². The number of hydrogen-bond acceptors (Lipinski definition) is 6. The van der Waals surface area contributed by atoms with Gasteiger partial charge in [0.25, 0.3) is 0 Å². The molecule has 0 radical (unpaired) electrons. The van der Waals surface area contributed by atoms with E-state index < -0.39 is 0 Å². The van der Waals surface area contributed by atoms with Crippen LogP contribution < -0.4 is 10.6 Å². The highest BCUT2D eigenvalue weighted by Crippen LogP contribution is 2.30. The van der Waals surface area contributed by atoms with Crippen molar-refractivity contribution >= 4 is 23.2 Å². The molecule has 2 aromatic rings. The second-order valence-electron chi connectivity index (χ2n) is 8.54. The molecule has 6 heteroatoms. The van der Waals surface area contributed by atoms with Gasteiger partial charge in [-0.25, -0.2) is 9.97 Å². The Labute approximate surface area is 198 Å². The first kappa shape index (κ1) is 24.4. The molecule has 1 aromatic carbocycles. The Bertz CT molecular complexity index is 1040. The van der Waals surface area contributed by atoms with Crippen molar-refractivity contribution in [3.05, 3.63) is 66.5 Å². The van der Waals surface area contributed by atoms with Crippen molar-refractivity contribution in [2.45, 2.75) is 32.2 Å². The first-order chi connectivity index (χ1) is 16.0. The van der Waals surface area contributed by atoms with Gasteiger partial charge >= 0.3 is 0 Å². The molecule has 174 valence electrons. The fourth-order valence-electron chi connectivity index (χ4n) is 4.02. The number of aromatic nitrogens is 2. The predicted molar refractivity (Wildman–Crippen MR) is 141 cm³/mol. The summed E-state index contributed by atoms with van der Waals surface area (Å²) < 4.78 is 0. The van der Waals surface area contributed by atoms with E-state index >= 15 is 0 Å². The van der Waals surface area contributed by atoms with E-state index in [0.29, 0.717) is 5.82 Å². The van der Waals surface area contributed by atoms with Gasteiger partial charge in [0.2, 0.25) is 0 Å². The molecule has 0 spiro atoms. The topological polar surface area (TPSA) is 70.6 Å². The Morgan fingerprint density at radius 2 is 2.03 bits per heavy atom. The van der Waals surface area contributed by atoms with Crippen LogP contribution in [0.2, 0.25) is 0 Å². The van der Waals surface area contributed by atoms with Crippen LogP contribution in [0.3, 0.4) is 0 Å². The van der Waals surface area contributed by atoms with Crippen LogP contribution in [-0.4, -0.2) is 61.4 Å². The van der Waals surface area contributed by atoms with Crippen molar-refractivity contribution in [3.8, 4) is 11.4 Å². The molecule has 1 saturated heterocycles. The number of hydrogen-bond donors (Lipinski definition) is 1. The van der Waals surface area contributed by atoms with E-state index in [4.69, 9.17) is 15.7 Å². The lowest BCUT2D eigenvalue weighted by molar-refractivity contribution is 0.498. The average molecular weight is 445 g/mol. The summed E-state index contributed by atoms with van der Waals surface area (Å²) in [5, 5.41) is 0. The second-order valence-corrected chi connectivity index (χ2v) is 8.54. The van der Waals surface area contributed by atoms with E-state index in [-0.39, 0.29) is 6.04 Å². The zero-order chi connectivity index (χ0) is 23.8. The molecule has 0 bridgehead atoms. The Balaban J connectivity index is 2.09. The molecule has 33 heavy (non-hydrogen) atoms. The molecule has 0 saturated carbocycles. The minimum atomic E-state index is 0.256. The highest BCUT2D eigenvalue weighted by molar-refractivity contribution is 6.11. The van der Waals surface area contributed by atoms with Gasteiger partial charge in [-0.2, -0.15) is 0 Å². The third-order valence-corrected chi connectivity index (χ3v) is 5.68. The quantitative estimate of drug-likeness (QED) is 0.474. The van der Waals surface area contributed by atoms with Crippen molar-refractivity contribution in [2.24, 2.45) is 10.7 Å². The summed E-state index contributed by atoms with van der Waals surface area (Å²) in [6, 6.07) is 8.56. The van der Waals surface area contributed by atoms with E-state index in [1.807, 2.05) is 43.5 Å². The lowest BCUT2D eigenvalue weighted by atomic mass is 10.0. The van der Waals surface area contributed by atoms with Crippen molar-refractivity contribution in [2.75, 3.05) is 39.1 Å². The summed E-state index contributed by atoms with van der Waals surface area (Å²) in [5.41, 5.74) is 11.3. The predicted octanol–water partition coefficient (Wildman–Crippen LogP) is 4.65. The Hall–Kier alpha value is -3.25. The maximum atomic E-state index is 6.17.